The van der Waals surface area contributed by atoms with Gasteiger partial charge in [0.15, 0.2) is 0 Å². The van der Waals surface area contributed by atoms with E-state index in [2.05, 4.69) is 12.6 Å². The van der Waals surface area contributed by atoms with Crippen LogP contribution in [0.2, 0.25) is 0 Å². The number of para-hydroxylation sites is 1. The molecule has 1 rings (SSSR count). The van der Waals surface area contributed by atoms with E-state index in [1.165, 1.54) is 0 Å². The Morgan fingerprint density at radius 2 is 1.78 bits per heavy atom. The maximum atomic E-state index is 5.44. The van der Waals surface area contributed by atoms with Crippen LogP contribution in [0.3, 0.4) is 0 Å². The molecule has 0 saturated heterocycles. The Balaban J connectivity index is 0.000000640. The fourth-order valence-corrected chi connectivity index (χ4v) is 0.648. The van der Waals surface area contributed by atoms with Crippen LogP contribution in [0.15, 0.2) is 29.2 Å². The van der Waals surface area contributed by atoms with E-state index >= 15 is 0 Å². The molecule has 0 aliphatic rings. The molecule has 0 heterocycles. The van der Waals surface area contributed by atoms with Gasteiger partial charge in [-0.25, -0.2) is 0 Å². The molecule has 0 amide bonds. The van der Waals surface area contributed by atoms with E-state index in [1.54, 1.807) is 0 Å². The number of nitrogen functional groups attached to an aromatic ring is 1. The van der Waals surface area contributed by atoms with Crippen LogP contribution in [0.1, 0.15) is 0 Å². The predicted octanol–water partition coefficient (Wildman–Crippen LogP) is 1.55. The summed E-state index contributed by atoms with van der Waals surface area (Å²) in [6.45, 7) is 0. The zero-order chi connectivity index (χ0) is 5.98. The number of hydrogen-bond acceptors (Lipinski definition) is 2. The Kier molecular flexibility index (Phi) is 4.06. The van der Waals surface area contributed by atoms with Gasteiger partial charge in [0.1, 0.15) is 0 Å². The monoisotopic (exact) mass is 232 g/mol. The van der Waals surface area contributed by atoms with E-state index in [1.807, 2.05) is 24.3 Å². The maximum Gasteiger partial charge on any atom is 0.0449 e. The third kappa shape index (κ3) is 2.45. The zero-order valence-corrected chi connectivity index (χ0v) is 7.01. The van der Waals surface area contributed by atoms with Crippen molar-refractivity contribution in [1.82, 2.24) is 0 Å². The molecular formula is C6H7AgNS. The third-order valence-corrected chi connectivity index (χ3v) is 1.34. The summed E-state index contributed by atoms with van der Waals surface area (Å²) < 4.78 is 0. The van der Waals surface area contributed by atoms with Crippen LogP contribution in [0.4, 0.5) is 5.69 Å². The minimum Gasteiger partial charge on any atom is -0.398 e. The minimum atomic E-state index is 0. The van der Waals surface area contributed by atoms with Crippen molar-refractivity contribution < 1.29 is 22.4 Å². The molecule has 0 spiro atoms. The van der Waals surface area contributed by atoms with Gasteiger partial charge in [-0.3, -0.25) is 0 Å². The molecule has 0 aliphatic carbocycles. The number of rotatable bonds is 0. The first kappa shape index (κ1) is 9.11. The average molecular weight is 233 g/mol. The van der Waals surface area contributed by atoms with Gasteiger partial charge in [-0.15, -0.1) is 12.6 Å². The first-order valence-corrected chi connectivity index (χ1v) is 2.79. The van der Waals surface area contributed by atoms with Crippen LogP contribution < -0.4 is 5.73 Å². The molecule has 1 aromatic rings. The Hall–Kier alpha value is 0.110. The van der Waals surface area contributed by atoms with Crippen molar-refractivity contribution in [2.75, 3.05) is 5.73 Å². The topological polar surface area (TPSA) is 26.0 Å². The summed E-state index contributed by atoms with van der Waals surface area (Å²) in [6, 6.07) is 7.47. The van der Waals surface area contributed by atoms with Gasteiger partial charge in [-0.2, -0.15) is 0 Å². The number of hydrogen-bond donors (Lipinski definition) is 2. The van der Waals surface area contributed by atoms with Crippen LogP contribution in [-0.2, 0) is 22.4 Å². The van der Waals surface area contributed by atoms with Crippen LogP contribution in [0, 0.1) is 0 Å². The summed E-state index contributed by atoms with van der Waals surface area (Å²) in [7, 11) is 0. The van der Waals surface area contributed by atoms with Gasteiger partial charge in [-0.1, -0.05) is 12.1 Å². The summed E-state index contributed by atoms with van der Waals surface area (Å²) in [4.78, 5) is 0.840. The second kappa shape index (κ2) is 4.01. The minimum absolute atomic E-state index is 0. The standard InChI is InChI=1S/C6H7NS.Ag/c7-5-3-1-2-4-6(5)8;/h1-4,8H,7H2;. The van der Waals surface area contributed by atoms with Crippen molar-refractivity contribution in [1.29, 1.82) is 0 Å². The van der Waals surface area contributed by atoms with Gasteiger partial charge >= 0.3 is 0 Å². The number of nitrogens with two attached hydrogens (primary N) is 1. The van der Waals surface area contributed by atoms with Crippen molar-refractivity contribution in [3.05, 3.63) is 24.3 Å². The van der Waals surface area contributed by atoms with Crippen molar-refractivity contribution in [3.8, 4) is 0 Å². The molecule has 1 radical (unpaired) electrons. The van der Waals surface area contributed by atoms with Gasteiger partial charge in [0.2, 0.25) is 0 Å². The summed E-state index contributed by atoms with van der Waals surface area (Å²) in [5, 5.41) is 0. The van der Waals surface area contributed by atoms with Crippen LogP contribution in [0.25, 0.3) is 0 Å². The van der Waals surface area contributed by atoms with Crippen molar-refractivity contribution in [2.24, 2.45) is 0 Å². The average Bonchev–Trinajstić information content (AvgIpc) is 1.77. The molecule has 1 aromatic carbocycles. The fraction of sp³-hybridized carbons (Fsp3) is 0. The number of anilines is 1. The zero-order valence-electron chi connectivity index (χ0n) is 4.64. The Labute approximate surface area is 75.6 Å². The van der Waals surface area contributed by atoms with E-state index in [9.17, 15) is 0 Å². The molecule has 0 aliphatic heterocycles. The Morgan fingerprint density at radius 1 is 1.22 bits per heavy atom. The Morgan fingerprint density at radius 3 is 2.11 bits per heavy atom. The number of thiol groups is 1. The summed E-state index contributed by atoms with van der Waals surface area (Å²) >= 11 is 4.07. The molecule has 2 N–H and O–H groups in total. The van der Waals surface area contributed by atoms with Gasteiger partial charge in [0, 0.05) is 33.0 Å². The van der Waals surface area contributed by atoms with E-state index in [0.717, 1.165) is 10.6 Å². The summed E-state index contributed by atoms with van der Waals surface area (Å²) in [6.07, 6.45) is 0. The van der Waals surface area contributed by atoms with Crippen LogP contribution in [-0.4, -0.2) is 0 Å². The van der Waals surface area contributed by atoms with Gasteiger partial charge < -0.3 is 5.73 Å². The predicted molar refractivity (Wildman–Crippen MR) is 38.1 cm³/mol. The van der Waals surface area contributed by atoms with Gasteiger partial charge in [0.25, 0.3) is 0 Å². The van der Waals surface area contributed by atoms with Crippen LogP contribution in [0.5, 0.6) is 0 Å². The third-order valence-electron chi connectivity index (χ3n) is 0.937. The summed E-state index contributed by atoms with van der Waals surface area (Å²) in [5.41, 5.74) is 6.18. The smallest absolute Gasteiger partial charge is 0.0449 e. The molecule has 0 unspecified atom stereocenters. The van der Waals surface area contributed by atoms with E-state index in [4.69, 9.17) is 5.73 Å². The molecule has 0 aromatic heterocycles. The summed E-state index contributed by atoms with van der Waals surface area (Å²) in [5.74, 6) is 0. The van der Waals surface area contributed by atoms with Crippen molar-refractivity contribution in [3.63, 3.8) is 0 Å². The first-order valence-electron chi connectivity index (χ1n) is 2.34. The molecule has 0 saturated carbocycles. The molecule has 0 bridgehead atoms. The molecule has 0 atom stereocenters. The van der Waals surface area contributed by atoms with Crippen molar-refractivity contribution >= 4 is 18.3 Å². The quantitative estimate of drug-likeness (QED) is 0.397. The molecule has 9 heavy (non-hydrogen) atoms. The molecule has 1 nitrogen and oxygen atoms in total. The van der Waals surface area contributed by atoms with Crippen LogP contribution >= 0.6 is 12.6 Å². The molecule has 0 fully saturated rings. The molecule has 3 heteroatoms. The first-order chi connectivity index (χ1) is 3.80. The Bertz CT molecular complexity index is 169. The van der Waals surface area contributed by atoms with Gasteiger partial charge in [0.05, 0.1) is 0 Å². The van der Waals surface area contributed by atoms with Crippen molar-refractivity contribution in [2.45, 2.75) is 4.90 Å². The van der Waals surface area contributed by atoms with E-state index < -0.39 is 0 Å². The largest absolute Gasteiger partial charge is 0.398 e. The SMILES string of the molecule is Nc1ccccc1S.[Ag]. The van der Waals surface area contributed by atoms with E-state index in [-0.39, 0.29) is 22.4 Å². The van der Waals surface area contributed by atoms with E-state index in [0.29, 0.717) is 0 Å². The maximum absolute atomic E-state index is 5.44. The second-order valence-electron chi connectivity index (χ2n) is 1.56. The number of benzene rings is 1. The van der Waals surface area contributed by atoms with Gasteiger partial charge in [-0.05, 0) is 12.1 Å². The fourth-order valence-electron chi connectivity index (χ4n) is 0.488. The second-order valence-corrected chi connectivity index (χ2v) is 2.04. The normalized spacial score (nSPS) is 8.11. The molecular weight excluding hydrogens is 226 g/mol. The molecule has 53 valence electrons.